The molecule has 0 aliphatic rings. The van der Waals surface area contributed by atoms with Crippen LogP contribution >= 0.6 is 0 Å². The summed E-state index contributed by atoms with van der Waals surface area (Å²) in [6.45, 7) is -0.194. The Morgan fingerprint density at radius 3 is 2.52 bits per heavy atom. The van der Waals surface area contributed by atoms with Crippen LogP contribution in [0, 0.1) is 0 Å². The number of pyridine rings is 1. The third-order valence-electron chi connectivity index (χ3n) is 2.93. The number of carboxylic acid groups (broad SMARTS) is 1. The number of amides is 1. The van der Waals surface area contributed by atoms with E-state index >= 15 is 0 Å². The Morgan fingerprint density at radius 1 is 1.10 bits per heavy atom. The first-order valence-corrected chi connectivity index (χ1v) is 6.43. The van der Waals surface area contributed by atoms with Crippen molar-refractivity contribution in [1.82, 2.24) is 10.3 Å². The molecule has 21 heavy (non-hydrogen) atoms. The quantitative estimate of drug-likeness (QED) is 0.836. The highest BCUT2D eigenvalue weighted by atomic mass is 16.4. The number of carbonyl (C=O) groups excluding carboxylic acids is 2. The summed E-state index contributed by atoms with van der Waals surface area (Å²) < 4.78 is 0. The van der Waals surface area contributed by atoms with Gasteiger partial charge in [0.1, 0.15) is 5.69 Å². The number of aromatic nitrogens is 1. The molecule has 2 N–H and O–H groups in total. The average molecular weight is 286 g/mol. The van der Waals surface area contributed by atoms with Crippen molar-refractivity contribution in [1.29, 1.82) is 0 Å². The van der Waals surface area contributed by atoms with Gasteiger partial charge in [0.15, 0.2) is 5.78 Å². The van der Waals surface area contributed by atoms with Crippen LogP contribution in [0.2, 0.25) is 0 Å². The summed E-state index contributed by atoms with van der Waals surface area (Å²) >= 11 is 0. The fourth-order valence-corrected chi connectivity index (χ4v) is 1.81. The van der Waals surface area contributed by atoms with Crippen molar-refractivity contribution in [3.05, 3.63) is 42.2 Å². The zero-order valence-corrected chi connectivity index (χ0v) is 11.2. The van der Waals surface area contributed by atoms with E-state index in [4.69, 9.17) is 5.11 Å². The van der Waals surface area contributed by atoms with E-state index in [0.717, 1.165) is 10.8 Å². The number of Topliss-reactive ketones (excluding diaryl/α,β-unsaturated/α-hetero) is 1. The standard InChI is InChI=1S/C15H14N2O4/c18-12(5-6-14(19)20)9-17-15(21)13-7-10-3-1-2-4-11(10)8-16-13/h1-4,7-8H,5-6,9H2,(H,17,21)(H,19,20). The van der Waals surface area contributed by atoms with Gasteiger partial charge in [0.25, 0.3) is 5.91 Å². The summed E-state index contributed by atoms with van der Waals surface area (Å²) in [5.41, 5.74) is 0.222. The summed E-state index contributed by atoms with van der Waals surface area (Å²) in [4.78, 5) is 37.7. The van der Waals surface area contributed by atoms with Crippen LogP contribution in [-0.4, -0.2) is 34.3 Å². The molecule has 0 unspecified atom stereocenters. The van der Waals surface area contributed by atoms with Crippen LogP contribution in [0.25, 0.3) is 10.8 Å². The van der Waals surface area contributed by atoms with Gasteiger partial charge in [-0.05, 0) is 11.5 Å². The number of rotatable bonds is 6. The van der Waals surface area contributed by atoms with Gasteiger partial charge in [0.05, 0.1) is 13.0 Å². The van der Waals surface area contributed by atoms with Gasteiger partial charge in [-0.25, -0.2) is 0 Å². The van der Waals surface area contributed by atoms with Crippen molar-refractivity contribution >= 4 is 28.4 Å². The summed E-state index contributed by atoms with van der Waals surface area (Å²) in [5.74, 6) is -1.82. The number of hydrogen-bond acceptors (Lipinski definition) is 4. The highest BCUT2D eigenvalue weighted by Crippen LogP contribution is 2.13. The number of hydrogen-bond donors (Lipinski definition) is 2. The van der Waals surface area contributed by atoms with E-state index in [1.165, 1.54) is 0 Å². The third kappa shape index (κ3) is 4.10. The van der Waals surface area contributed by atoms with Gasteiger partial charge < -0.3 is 10.4 Å². The number of ketones is 1. The Labute approximate surface area is 120 Å². The fourth-order valence-electron chi connectivity index (χ4n) is 1.81. The predicted molar refractivity (Wildman–Crippen MR) is 76.0 cm³/mol. The Hall–Kier alpha value is -2.76. The molecule has 0 radical (unpaired) electrons. The van der Waals surface area contributed by atoms with E-state index < -0.39 is 11.9 Å². The molecular formula is C15H14N2O4. The molecule has 2 rings (SSSR count). The van der Waals surface area contributed by atoms with E-state index in [1.54, 1.807) is 12.3 Å². The Kier molecular flexibility index (Phi) is 4.61. The maximum Gasteiger partial charge on any atom is 0.303 e. The molecule has 0 aliphatic heterocycles. The monoisotopic (exact) mass is 286 g/mol. The Morgan fingerprint density at radius 2 is 1.81 bits per heavy atom. The highest BCUT2D eigenvalue weighted by molar-refractivity contribution is 5.98. The van der Waals surface area contributed by atoms with Crippen LogP contribution < -0.4 is 5.32 Å². The molecule has 1 aromatic carbocycles. The van der Waals surface area contributed by atoms with Crippen LogP contribution in [0.5, 0.6) is 0 Å². The lowest BCUT2D eigenvalue weighted by molar-refractivity contribution is -0.138. The smallest absolute Gasteiger partial charge is 0.303 e. The lowest BCUT2D eigenvalue weighted by Crippen LogP contribution is -2.30. The fraction of sp³-hybridized carbons (Fsp3) is 0.200. The molecule has 108 valence electrons. The number of carbonyl (C=O) groups is 3. The van der Waals surface area contributed by atoms with E-state index in [0.29, 0.717) is 0 Å². The molecule has 0 atom stereocenters. The molecule has 0 bridgehead atoms. The van der Waals surface area contributed by atoms with Gasteiger partial charge in [-0.3, -0.25) is 19.4 Å². The number of carboxylic acids is 1. The molecular weight excluding hydrogens is 272 g/mol. The van der Waals surface area contributed by atoms with Crippen LogP contribution in [0.1, 0.15) is 23.3 Å². The SMILES string of the molecule is O=C(O)CCC(=O)CNC(=O)c1cc2ccccc2cn1. The first kappa shape index (κ1) is 14.6. The van der Waals surface area contributed by atoms with Gasteiger partial charge in [-0.1, -0.05) is 24.3 Å². The van der Waals surface area contributed by atoms with Gasteiger partial charge in [0.2, 0.25) is 0 Å². The summed E-state index contributed by atoms with van der Waals surface area (Å²) in [6.07, 6.45) is 1.26. The van der Waals surface area contributed by atoms with E-state index in [-0.39, 0.29) is 30.9 Å². The molecule has 0 spiro atoms. The first-order chi connectivity index (χ1) is 10.1. The average Bonchev–Trinajstić information content (AvgIpc) is 2.50. The highest BCUT2D eigenvalue weighted by Gasteiger charge is 2.11. The predicted octanol–water partition coefficient (Wildman–Crippen LogP) is 1.40. The first-order valence-electron chi connectivity index (χ1n) is 6.43. The Balaban J connectivity index is 1.95. The summed E-state index contributed by atoms with van der Waals surface area (Å²) in [6, 6.07) is 9.14. The lowest BCUT2D eigenvalue weighted by Gasteiger charge is -2.04. The topological polar surface area (TPSA) is 96.4 Å². The van der Waals surface area contributed by atoms with Crippen molar-refractivity contribution in [2.24, 2.45) is 0 Å². The largest absolute Gasteiger partial charge is 0.481 e. The molecule has 0 fully saturated rings. The van der Waals surface area contributed by atoms with Gasteiger partial charge in [-0.15, -0.1) is 0 Å². The van der Waals surface area contributed by atoms with Crippen LogP contribution in [0.3, 0.4) is 0 Å². The zero-order chi connectivity index (χ0) is 15.2. The van der Waals surface area contributed by atoms with Gasteiger partial charge >= 0.3 is 5.97 Å². The summed E-state index contributed by atoms with van der Waals surface area (Å²) in [7, 11) is 0. The molecule has 0 saturated carbocycles. The van der Waals surface area contributed by atoms with Crippen molar-refractivity contribution in [3.8, 4) is 0 Å². The minimum Gasteiger partial charge on any atom is -0.481 e. The molecule has 0 saturated heterocycles. The lowest BCUT2D eigenvalue weighted by atomic mass is 10.1. The number of nitrogens with zero attached hydrogens (tertiary/aromatic N) is 1. The maximum atomic E-state index is 11.9. The van der Waals surface area contributed by atoms with Crippen molar-refractivity contribution in [2.75, 3.05) is 6.54 Å². The van der Waals surface area contributed by atoms with Gasteiger partial charge in [-0.2, -0.15) is 0 Å². The van der Waals surface area contributed by atoms with Gasteiger partial charge in [0, 0.05) is 18.0 Å². The number of benzene rings is 1. The third-order valence-corrected chi connectivity index (χ3v) is 2.93. The Bertz CT molecular complexity index is 697. The van der Waals surface area contributed by atoms with Crippen LogP contribution in [-0.2, 0) is 9.59 Å². The normalized spacial score (nSPS) is 10.3. The zero-order valence-electron chi connectivity index (χ0n) is 11.2. The number of fused-ring (bicyclic) bond motifs is 1. The number of aliphatic carboxylic acids is 1. The minimum atomic E-state index is -1.04. The molecule has 6 nitrogen and oxygen atoms in total. The second-order valence-corrected chi connectivity index (χ2v) is 4.53. The minimum absolute atomic E-state index is 0.0965. The van der Waals surface area contributed by atoms with Crippen molar-refractivity contribution < 1.29 is 19.5 Å². The molecule has 1 heterocycles. The van der Waals surface area contributed by atoms with Crippen LogP contribution in [0.15, 0.2) is 36.5 Å². The van der Waals surface area contributed by atoms with Crippen LogP contribution in [0.4, 0.5) is 0 Å². The van der Waals surface area contributed by atoms with E-state index in [2.05, 4.69) is 10.3 Å². The molecule has 2 aromatic rings. The van der Waals surface area contributed by atoms with E-state index in [9.17, 15) is 14.4 Å². The second-order valence-electron chi connectivity index (χ2n) is 4.53. The maximum absolute atomic E-state index is 11.9. The second kappa shape index (κ2) is 6.60. The number of nitrogens with one attached hydrogen (secondary N) is 1. The van der Waals surface area contributed by atoms with Crippen molar-refractivity contribution in [3.63, 3.8) is 0 Å². The molecule has 6 heteroatoms. The molecule has 1 aromatic heterocycles. The molecule has 0 aliphatic carbocycles. The molecule has 1 amide bonds. The van der Waals surface area contributed by atoms with E-state index in [1.807, 2.05) is 24.3 Å². The van der Waals surface area contributed by atoms with Crippen molar-refractivity contribution in [2.45, 2.75) is 12.8 Å². The summed E-state index contributed by atoms with van der Waals surface area (Å²) in [5, 5.41) is 12.7.